The van der Waals surface area contributed by atoms with Gasteiger partial charge in [-0.05, 0) is 36.8 Å². The summed E-state index contributed by atoms with van der Waals surface area (Å²) in [6.07, 6.45) is -1.48. The minimum Gasteiger partial charge on any atom is -0.352 e. The third kappa shape index (κ3) is 8.19. The molecule has 0 radical (unpaired) electrons. The summed E-state index contributed by atoms with van der Waals surface area (Å²) in [4.78, 5) is 81.4. The molecule has 3 fully saturated rings. The Balaban J connectivity index is 1.00. The summed E-state index contributed by atoms with van der Waals surface area (Å²) in [5, 5.41) is 5.26. The number of aromatic nitrogens is 8. The van der Waals surface area contributed by atoms with Crippen LogP contribution in [0.5, 0.6) is 0 Å². The minimum atomic E-state index is -4.29. The third-order valence-electron chi connectivity index (χ3n) is 10.2. The second-order valence-electron chi connectivity index (χ2n) is 14.3. The fourth-order valence-corrected chi connectivity index (χ4v) is 8.93. The van der Waals surface area contributed by atoms with E-state index in [1.165, 1.54) is 17.2 Å². The van der Waals surface area contributed by atoms with Gasteiger partial charge >= 0.3 is 13.9 Å². The first-order chi connectivity index (χ1) is 28.0. The molecule has 2 amide bonds. The van der Waals surface area contributed by atoms with Gasteiger partial charge in [-0.1, -0.05) is 32.0 Å². The van der Waals surface area contributed by atoms with Crippen LogP contribution in [0.1, 0.15) is 55.9 Å². The average Bonchev–Trinajstić information content (AvgIpc) is 3.79. The topological polar surface area (TPSA) is 252 Å². The highest BCUT2D eigenvalue weighted by atomic mass is 32.5. The highest BCUT2D eigenvalue weighted by Crippen LogP contribution is 2.72. The summed E-state index contributed by atoms with van der Waals surface area (Å²) in [5.41, 5.74) is -1.82. The number of aromatic amines is 1. The number of imidazole rings is 2. The molecule has 26 heteroatoms. The van der Waals surface area contributed by atoms with E-state index in [9.17, 15) is 24.2 Å². The predicted octanol–water partition coefficient (Wildman–Crippen LogP) is 3.81. The van der Waals surface area contributed by atoms with Crippen LogP contribution in [0.4, 0.5) is 20.5 Å². The zero-order valence-corrected chi connectivity index (χ0v) is 34.3. The first-order valence-electron chi connectivity index (χ1n) is 18.0. The lowest BCUT2D eigenvalue weighted by Crippen LogP contribution is -2.36. The van der Waals surface area contributed by atoms with Crippen LogP contribution in [0, 0.1) is 11.3 Å². The van der Waals surface area contributed by atoms with Crippen molar-refractivity contribution >= 4 is 83.4 Å². The van der Waals surface area contributed by atoms with E-state index in [0.29, 0.717) is 18.4 Å². The minimum absolute atomic E-state index is 0.0407. The van der Waals surface area contributed by atoms with Crippen LogP contribution in [-0.2, 0) is 51.5 Å². The Kier molecular flexibility index (Phi) is 11.3. The first-order valence-corrected chi connectivity index (χ1v) is 22.8. The van der Waals surface area contributed by atoms with E-state index in [-0.39, 0.29) is 52.5 Å². The number of hydrogen-bond donors (Lipinski definition) is 5. The molecule has 3 aliphatic rings. The van der Waals surface area contributed by atoms with Gasteiger partial charge in [0.25, 0.3) is 17.4 Å². The lowest BCUT2D eigenvalue weighted by molar-refractivity contribution is -0.118. The van der Waals surface area contributed by atoms with Gasteiger partial charge in [0.1, 0.15) is 24.6 Å². The van der Waals surface area contributed by atoms with Crippen molar-refractivity contribution in [1.82, 2.24) is 39.0 Å². The molecule has 5 N–H and O–H groups in total. The van der Waals surface area contributed by atoms with E-state index in [2.05, 4.69) is 52.3 Å². The van der Waals surface area contributed by atoms with Crippen LogP contribution in [0.2, 0.25) is 0 Å². The fourth-order valence-electron chi connectivity index (χ4n) is 7.13. The summed E-state index contributed by atoms with van der Waals surface area (Å²) in [5.74, 6) is -4.55. The van der Waals surface area contributed by atoms with Crippen molar-refractivity contribution in [3.8, 4) is 0 Å². The number of rotatable bonds is 14. The van der Waals surface area contributed by atoms with Gasteiger partial charge in [0.15, 0.2) is 40.5 Å². The summed E-state index contributed by atoms with van der Waals surface area (Å²) in [7, 11) is -2.32. The quantitative estimate of drug-likeness (QED) is 0.0994. The van der Waals surface area contributed by atoms with Crippen LogP contribution < -0.4 is 16.2 Å². The number of nitrogens with one attached hydrogen (secondary N) is 3. The number of anilines is 2. The van der Waals surface area contributed by atoms with Gasteiger partial charge < -0.3 is 29.1 Å². The van der Waals surface area contributed by atoms with E-state index in [1.54, 1.807) is 48.7 Å². The number of nitrogens with zero attached hydrogens (tertiary/aromatic N) is 7. The molecule has 2 saturated heterocycles. The zero-order valence-electron chi connectivity index (χ0n) is 30.9. The third-order valence-corrected chi connectivity index (χ3v) is 12.3. The van der Waals surface area contributed by atoms with Gasteiger partial charge in [-0.2, -0.15) is 4.98 Å². The largest absolute Gasteiger partial charge is 0.522 e. The number of carbonyl (C=O) groups is 2. The lowest BCUT2D eigenvalue weighted by Gasteiger charge is -2.21. The average molecular weight is 896 g/mol. The zero-order chi connectivity index (χ0) is 41.9. The molecule has 1 saturated carbocycles. The molecular formula is C33H35F2N10O10P2S2+. The Hall–Kier alpha value is -4.19. The standard InChI is InChI=1S/C33H34F2N10O10P2S2/c1-16(2)27(46)42-31-41-26-22(29(48)43-31)39-14-44(26)20-9-8-18(53-20)10-51-56(58)55-23-30(54-19(11-52-57(49,50)59)32(23)12-33(32,34)35)45-15-38-21-24(36-13-37-25(21)45)40-28(47)17-6-4-3-5-7-17/h3-7,13-16,18-20,23,30H,8-12H2,1-2H3,(H4-,36,37,40,41,42,43,46,47,48,49,50,59)/p+1/t18-,19+,20+,23-,30+,32+/m0/s1. The van der Waals surface area contributed by atoms with Gasteiger partial charge in [-0.15, -0.1) is 9.05 Å². The van der Waals surface area contributed by atoms with E-state index in [0.717, 1.165) is 6.33 Å². The summed E-state index contributed by atoms with van der Waals surface area (Å²) in [6.45, 7) is -1.70. The van der Waals surface area contributed by atoms with E-state index < -0.39 is 80.5 Å². The van der Waals surface area contributed by atoms with Crippen LogP contribution in [0.15, 0.2) is 54.1 Å². The predicted molar refractivity (Wildman–Crippen MR) is 210 cm³/mol. The molecule has 1 aromatic carbocycles. The number of benzene rings is 1. The number of hydrogen-bond acceptors (Lipinski definition) is 15. The molecular weight excluding hydrogens is 861 g/mol. The van der Waals surface area contributed by atoms with Crippen molar-refractivity contribution in [2.75, 3.05) is 23.8 Å². The molecule has 8 rings (SSSR count). The van der Waals surface area contributed by atoms with E-state index in [4.69, 9.17) is 34.9 Å². The van der Waals surface area contributed by atoms with Crippen molar-refractivity contribution in [3.63, 3.8) is 0 Å². The number of amides is 2. The van der Waals surface area contributed by atoms with Gasteiger partial charge in [0.05, 0.1) is 31.5 Å². The maximum absolute atomic E-state index is 15.6. The molecule has 20 nitrogen and oxygen atoms in total. The molecule has 1 unspecified atom stereocenters. The molecule has 59 heavy (non-hydrogen) atoms. The molecule has 312 valence electrons. The number of ether oxygens (including phenoxy) is 2. The van der Waals surface area contributed by atoms with E-state index >= 15 is 8.78 Å². The molecule has 5 aromatic rings. The maximum Gasteiger partial charge on any atom is 0.522 e. The van der Waals surface area contributed by atoms with Crippen LogP contribution >= 0.6 is 13.9 Å². The molecule has 1 aliphatic carbocycles. The summed E-state index contributed by atoms with van der Waals surface area (Å²) >= 11 is 10.2. The van der Waals surface area contributed by atoms with Crippen LogP contribution in [0.3, 0.4) is 0 Å². The first kappa shape index (κ1) is 41.5. The maximum atomic E-state index is 15.6. The van der Waals surface area contributed by atoms with E-state index in [1.807, 2.05) is 0 Å². The monoisotopic (exact) mass is 895 g/mol. The highest BCUT2D eigenvalue weighted by Gasteiger charge is 2.84. The molecule has 2 aliphatic heterocycles. The molecule has 7 atom stereocenters. The number of halogens is 2. The Morgan fingerprint density at radius 3 is 2.49 bits per heavy atom. The molecule has 4 aromatic heterocycles. The number of H-pyrrole nitrogens is 1. The van der Waals surface area contributed by atoms with Gasteiger partial charge in [0, 0.05) is 17.9 Å². The Labute approximate surface area is 342 Å². The highest BCUT2D eigenvalue weighted by molar-refractivity contribution is 8.06. The number of carbonyl (C=O) groups excluding carboxylic acids is 2. The molecule has 1 spiro atoms. The lowest BCUT2D eigenvalue weighted by atomic mass is 9.94. The van der Waals surface area contributed by atoms with Gasteiger partial charge in [-0.25, -0.2) is 28.7 Å². The Morgan fingerprint density at radius 1 is 1.05 bits per heavy atom. The second-order valence-corrected chi connectivity index (χ2v) is 18.8. The SMILES string of the molecule is CC(C)C(=O)Nc1nc2c(ncn2[C@H]2CC[C@@H](CO[P+](=S)O[C@H]3[C@H](n4cnc5c(NC(=O)c6ccccc6)ncnc54)O[C@H](COP(O)(O)=S)[C@]34CC4(F)F)O2)c(=O)[nH]1. The van der Waals surface area contributed by atoms with Crippen molar-refractivity contribution in [2.24, 2.45) is 11.3 Å². The van der Waals surface area contributed by atoms with Gasteiger partial charge in [-0.3, -0.25) is 33.8 Å². The number of alkyl halides is 2. The van der Waals surface area contributed by atoms with Crippen LogP contribution in [-0.4, -0.2) is 98.1 Å². The number of fused-ring (bicyclic) bond motifs is 2. The van der Waals surface area contributed by atoms with Crippen LogP contribution in [0.25, 0.3) is 22.3 Å². The molecule has 0 bridgehead atoms. The fraction of sp³-hybridized carbons (Fsp3) is 0.455. The Morgan fingerprint density at radius 2 is 1.78 bits per heavy atom. The van der Waals surface area contributed by atoms with Crippen molar-refractivity contribution in [1.29, 1.82) is 0 Å². The summed E-state index contributed by atoms with van der Waals surface area (Å²) in [6, 6.07) is 8.36. The molecule has 6 heterocycles. The van der Waals surface area contributed by atoms with Crippen molar-refractivity contribution in [3.05, 3.63) is 65.2 Å². The Bertz CT molecular complexity index is 2560. The second kappa shape index (κ2) is 16.0. The smallest absolute Gasteiger partial charge is 0.352 e. The normalized spacial score (nSPS) is 25.3. The van der Waals surface area contributed by atoms with Crippen molar-refractivity contribution < 1.29 is 51.2 Å². The summed E-state index contributed by atoms with van der Waals surface area (Å²) < 4.78 is 63.6. The van der Waals surface area contributed by atoms with Gasteiger partial charge in [0.2, 0.25) is 23.7 Å². The van der Waals surface area contributed by atoms with Crippen molar-refractivity contribution in [2.45, 2.75) is 69.8 Å².